The van der Waals surface area contributed by atoms with E-state index >= 15 is 0 Å². The summed E-state index contributed by atoms with van der Waals surface area (Å²) < 4.78 is 22.9. The molecule has 1 N–H and O–H groups in total. The average Bonchev–Trinajstić information content (AvgIpc) is 3.03. The zero-order chi connectivity index (χ0) is 31.5. The second kappa shape index (κ2) is 15.4. The van der Waals surface area contributed by atoms with Gasteiger partial charge in [-0.05, 0) is 68.9 Å². The van der Waals surface area contributed by atoms with Crippen LogP contribution in [0.4, 0.5) is 4.79 Å². The first-order valence-electron chi connectivity index (χ1n) is 14.9. The Hall–Kier alpha value is -4.37. The summed E-state index contributed by atoms with van der Waals surface area (Å²) in [5.74, 6) is -0.284. The Kier molecular flexibility index (Phi) is 11.4. The summed E-state index contributed by atoms with van der Waals surface area (Å²) in [6.45, 7) is 6.10. The molecule has 1 aliphatic rings. The lowest BCUT2D eigenvalue weighted by atomic mass is 9.96. The molecule has 4 rings (SSSR count). The van der Waals surface area contributed by atoms with Crippen molar-refractivity contribution in [1.29, 1.82) is 0 Å². The number of likely N-dealkylation sites (tertiary alicyclic amines) is 1. The van der Waals surface area contributed by atoms with Gasteiger partial charge >= 0.3 is 12.1 Å². The molecule has 3 aromatic rings. The largest absolute Gasteiger partial charge is 0.489 e. The molecule has 1 fully saturated rings. The van der Waals surface area contributed by atoms with Gasteiger partial charge in [-0.25, -0.2) is 9.59 Å². The normalized spacial score (nSPS) is 16.4. The van der Waals surface area contributed by atoms with E-state index in [-0.39, 0.29) is 6.61 Å². The van der Waals surface area contributed by atoms with Gasteiger partial charge in [0.05, 0.1) is 0 Å². The fourth-order valence-corrected chi connectivity index (χ4v) is 5.10. The van der Waals surface area contributed by atoms with Crippen molar-refractivity contribution >= 4 is 18.0 Å². The highest BCUT2D eigenvalue weighted by Gasteiger charge is 2.41. The minimum Gasteiger partial charge on any atom is -0.489 e. The van der Waals surface area contributed by atoms with E-state index in [0.29, 0.717) is 30.9 Å². The van der Waals surface area contributed by atoms with Crippen LogP contribution in [0.3, 0.4) is 0 Å². The van der Waals surface area contributed by atoms with E-state index in [2.05, 4.69) is 5.32 Å². The van der Waals surface area contributed by atoms with Crippen LogP contribution in [0.25, 0.3) is 0 Å². The number of methoxy groups -OCH3 is 1. The summed E-state index contributed by atoms with van der Waals surface area (Å²) in [6.07, 6.45) is 0.321. The second-order valence-electron chi connectivity index (χ2n) is 11.8. The Morgan fingerprint density at radius 2 is 1.48 bits per heavy atom. The molecule has 3 atom stereocenters. The molecule has 3 aromatic carbocycles. The molecule has 0 aliphatic carbocycles. The predicted molar refractivity (Wildman–Crippen MR) is 166 cm³/mol. The van der Waals surface area contributed by atoms with Crippen molar-refractivity contribution in [3.8, 4) is 5.75 Å². The molecule has 0 bridgehead atoms. The maximum atomic E-state index is 14.2. The molecular formula is C35H42N2O7. The third kappa shape index (κ3) is 9.31. The molecule has 234 valence electrons. The van der Waals surface area contributed by atoms with Crippen LogP contribution < -0.4 is 10.1 Å². The number of piperidine rings is 1. The number of rotatable bonds is 11. The first-order valence-corrected chi connectivity index (χ1v) is 14.9. The van der Waals surface area contributed by atoms with Gasteiger partial charge in [0.25, 0.3) is 0 Å². The van der Waals surface area contributed by atoms with Crippen LogP contribution in [0, 0.1) is 0 Å². The lowest BCUT2D eigenvalue weighted by Crippen LogP contribution is -2.58. The Morgan fingerprint density at radius 3 is 2.07 bits per heavy atom. The maximum absolute atomic E-state index is 14.2. The van der Waals surface area contributed by atoms with Crippen molar-refractivity contribution in [2.75, 3.05) is 13.7 Å². The topological polar surface area (TPSA) is 103 Å². The van der Waals surface area contributed by atoms with Crippen LogP contribution in [0.1, 0.15) is 62.8 Å². The summed E-state index contributed by atoms with van der Waals surface area (Å²) in [5.41, 5.74) is 1.76. The summed E-state index contributed by atoms with van der Waals surface area (Å²) in [7, 11) is 1.48. The zero-order valence-corrected chi connectivity index (χ0v) is 25.9. The highest BCUT2D eigenvalue weighted by atomic mass is 16.6. The van der Waals surface area contributed by atoms with Gasteiger partial charge in [0.15, 0.2) is 0 Å². The monoisotopic (exact) mass is 602 g/mol. The highest BCUT2D eigenvalue weighted by Crippen LogP contribution is 2.28. The quantitative estimate of drug-likeness (QED) is 0.270. The van der Waals surface area contributed by atoms with Crippen LogP contribution in [-0.2, 0) is 37.0 Å². The average molecular weight is 603 g/mol. The van der Waals surface area contributed by atoms with E-state index in [4.69, 9.17) is 18.9 Å². The number of benzene rings is 3. The van der Waals surface area contributed by atoms with Gasteiger partial charge in [-0.15, -0.1) is 0 Å². The van der Waals surface area contributed by atoms with Crippen molar-refractivity contribution in [1.82, 2.24) is 10.2 Å². The number of nitrogens with zero attached hydrogens (tertiary/aromatic N) is 1. The fourth-order valence-electron chi connectivity index (χ4n) is 5.10. The van der Waals surface area contributed by atoms with Gasteiger partial charge in [-0.2, -0.15) is 0 Å². The Balaban J connectivity index is 1.54. The number of esters is 1. The van der Waals surface area contributed by atoms with Crippen LogP contribution in [-0.4, -0.2) is 54.2 Å². The lowest BCUT2D eigenvalue weighted by Gasteiger charge is -2.38. The van der Waals surface area contributed by atoms with Crippen molar-refractivity contribution < 1.29 is 33.3 Å². The molecule has 2 amide bonds. The Labute approximate surface area is 259 Å². The number of amides is 2. The molecule has 0 aromatic heterocycles. The van der Waals surface area contributed by atoms with E-state index in [0.717, 1.165) is 24.0 Å². The summed E-state index contributed by atoms with van der Waals surface area (Å²) in [4.78, 5) is 42.0. The molecule has 9 heteroatoms. The van der Waals surface area contributed by atoms with E-state index in [9.17, 15) is 14.4 Å². The summed E-state index contributed by atoms with van der Waals surface area (Å²) in [5, 5.41) is 2.74. The molecule has 0 radical (unpaired) electrons. The Bertz CT molecular complexity index is 1360. The van der Waals surface area contributed by atoms with Crippen molar-refractivity contribution in [2.24, 2.45) is 0 Å². The molecule has 1 heterocycles. The number of hydrogen-bond donors (Lipinski definition) is 1. The van der Waals surface area contributed by atoms with E-state index in [1.165, 1.54) is 12.0 Å². The standard InChI is InChI=1S/C35H42N2O7/c1-35(2,3)44-34(40)36-30(31(41-4)27-18-20-28(21-19-27)42-23-25-13-7-5-8-14-25)32(38)37-22-12-11-17-29(37)33(39)43-24-26-15-9-6-10-16-26/h5-10,13-16,18-21,29-31H,11-12,17,22-24H2,1-4H3,(H,36,40)/t29-,30-,31+/m0/s1. The molecular weight excluding hydrogens is 560 g/mol. The molecule has 0 saturated carbocycles. The predicted octanol–water partition coefficient (Wildman–Crippen LogP) is 5.97. The molecule has 1 aliphatic heterocycles. The first kappa shape index (κ1) is 32.5. The lowest BCUT2D eigenvalue weighted by molar-refractivity contribution is -0.160. The highest BCUT2D eigenvalue weighted by molar-refractivity contribution is 5.90. The molecule has 0 unspecified atom stereocenters. The summed E-state index contributed by atoms with van der Waals surface area (Å²) in [6, 6.07) is 24.5. The maximum Gasteiger partial charge on any atom is 0.408 e. The molecule has 9 nitrogen and oxygen atoms in total. The number of nitrogens with one attached hydrogen (secondary N) is 1. The SMILES string of the molecule is CO[C@H](c1ccc(OCc2ccccc2)cc1)[C@H](NC(=O)OC(C)(C)C)C(=O)N1CCCC[C@H]1C(=O)OCc1ccccc1. The number of carbonyl (C=O) groups excluding carboxylic acids is 3. The smallest absolute Gasteiger partial charge is 0.408 e. The minimum atomic E-state index is -1.17. The van der Waals surface area contributed by atoms with Gasteiger partial charge in [0.1, 0.15) is 42.8 Å². The van der Waals surface area contributed by atoms with Crippen LogP contribution >= 0.6 is 0 Å². The Morgan fingerprint density at radius 1 is 0.864 bits per heavy atom. The number of carbonyl (C=O) groups is 3. The van der Waals surface area contributed by atoms with Crippen molar-refractivity contribution in [2.45, 2.75) is 77.0 Å². The zero-order valence-electron chi connectivity index (χ0n) is 25.9. The van der Waals surface area contributed by atoms with Gasteiger partial charge in [-0.1, -0.05) is 72.8 Å². The van der Waals surface area contributed by atoms with Gasteiger partial charge in [0.2, 0.25) is 5.91 Å². The molecule has 0 spiro atoms. The number of hydrogen-bond acceptors (Lipinski definition) is 7. The third-order valence-corrected chi connectivity index (χ3v) is 7.23. The minimum absolute atomic E-state index is 0.108. The van der Waals surface area contributed by atoms with Gasteiger partial charge in [-0.3, -0.25) is 4.79 Å². The first-order chi connectivity index (χ1) is 21.1. The van der Waals surface area contributed by atoms with Crippen molar-refractivity contribution in [3.63, 3.8) is 0 Å². The van der Waals surface area contributed by atoms with E-state index in [1.807, 2.05) is 60.7 Å². The van der Waals surface area contributed by atoms with E-state index < -0.39 is 41.8 Å². The van der Waals surface area contributed by atoms with Crippen LogP contribution in [0.2, 0.25) is 0 Å². The van der Waals surface area contributed by atoms with Crippen LogP contribution in [0.15, 0.2) is 84.9 Å². The number of alkyl carbamates (subject to hydrolysis) is 1. The molecule has 1 saturated heterocycles. The summed E-state index contributed by atoms with van der Waals surface area (Å²) >= 11 is 0. The van der Waals surface area contributed by atoms with E-state index in [1.54, 1.807) is 45.0 Å². The van der Waals surface area contributed by atoms with Gasteiger partial charge in [0, 0.05) is 13.7 Å². The van der Waals surface area contributed by atoms with Crippen LogP contribution in [0.5, 0.6) is 5.75 Å². The third-order valence-electron chi connectivity index (χ3n) is 7.23. The van der Waals surface area contributed by atoms with Gasteiger partial charge < -0.3 is 29.2 Å². The number of ether oxygens (including phenoxy) is 4. The molecule has 44 heavy (non-hydrogen) atoms. The fraction of sp³-hybridized carbons (Fsp3) is 0.400. The van der Waals surface area contributed by atoms with Crippen molar-refractivity contribution in [3.05, 3.63) is 102 Å². The second-order valence-corrected chi connectivity index (χ2v) is 11.8.